The van der Waals surface area contributed by atoms with Gasteiger partial charge >= 0.3 is 0 Å². The average molecular weight is 225 g/mol. The van der Waals surface area contributed by atoms with Crippen LogP contribution in [0, 0.1) is 0 Å². The average Bonchev–Trinajstić information content (AvgIpc) is 2.66. The molecule has 0 bridgehead atoms. The van der Waals surface area contributed by atoms with Crippen molar-refractivity contribution in [3.8, 4) is 11.1 Å². The Morgan fingerprint density at radius 1 is 1.12 bits per heavy atom. The molecule has 0 atom stereocenters. The van der Waals surface area contributed by atoms with Gasteiger partial charge < -0.3 is 10.3 Å². The van der Waals surface area contributed by atoms with Gasteiger partial charge in [-0.05, 0) is 23.8 Å². The third kappa shape index (κ3) is 1.52. The zero-order valence-corrected chi connectivity index (χ0v) is 9.33. The molecule has 0 aliphatic heterocycles. The van der Waals surface area contributed by atoms with Crippen LogP contribution in [0.15, 0.2) is 36.7 Å². The van der Waals surface area contributed by atoms with Crippen molar-refractivity contribution in [3.05, 3.63) is 36.7 Å². The van der Waals surface area contributed by atoms with Crippen LogP contribution in [0.4, 0.5) is 5.95 Å². The van der Waals surface area contributed by atoms with Crippen LogP contribution in [0.25, 0.3) is 22.2 Å². The van der Waals surface area contributed by atoms with Crippen molar-refractivity contribution in [2.24, 2.45) is 7.05 Å². The van der Waals surface area contributed by atoms with Gasteiger partial charge in [0.1, 0.15) is 0 Å². The summed E-state index contributed by atoms with van der Waals surface area (Å²) in [4.78, 5) is 4.30. The fourth-order valence-electron chi connectivity index (χ4n) is 1.86. The Hall–Kier alpha value is -2.43. The molecule has 2 N–H and O–H groups in total. The number of fused-ring (bicyclic) bond motifs is 1. The van der Waals surface area contributed by atoms with Crippen molar-refractivity contribution >= 4 is 17.0 Å². The molecule has 2 heterocycles. The van der Waals surface area contributed by atoms with Gasteiger partial charge in [-0.2, -0.15) is 10.2 Å². The third-order valence-corrected chi connectivity index (χ3v) is 2.83. The molecule has 0 amide bonds. The van der Waals surface area contributed by atoms with Gasteiger partial charge in [-0.3, -0.25) is 0 Å². The van der Waals surface area contributed by atoms with Crippen LogP contribution >= 0.6 is 0 Å². The van der Waals surface area contributed by atoms with Crippen molar-refractivity contribution in [2.75, 3.05) is 5.73 Å². The Morgan fingerprint density at radius 2 is 2.00 bits per heavy atom. The number of nitrogens with two attached hydrogens (primary N) is 1. The van der Waals surface area contributed by atoms with E-state index in [0.29, 0.717) is 5.95 Å². The van der Waals surface area contributed by atoms with Crippen LogP contribution in [0.2, 0.25) is 0 Å². The summed E-state index contributed by atoms with van der Waals surface area (Å²) in [6.45, 7) is 0. The van der Waals surface area contributed by atoms with Gasteiger partial charge in [0, 0.05) is 12.6 Å². The zero-order chi connectivity index (χ0) is 11.8. The first kappa shape index (κ1) is 9.77. The number of imidazole rings is 1. The monoisotopic (exact) mass is 225 g/mol. The van der Waals surface area contributed by atoms with Gasteiger partial charge in [-0.25, -0.2) is 4.98 Å². The molecule has 0 radical (unpaired) electrons. The van der Waals surface area contributed by atoms with E-state index in [1.54, 1.807) is 12.4 Å². The van der Waals surface area contributed by atoms with E-state index >= 15 is 0 Å². The number of aryl methyl sites for hydroxylation is 1. The van der Waals surface area contributed by atoms with Crippen molar-refractivity contribution in [1.29, 1.82) is 0 Å². The second-order valence-electron chi connectivity index (χ2n) is 3.86. The second-order valence-corrected chi connectivity index (χ2v) is 3.86. The smallest absolute Gasteiger partial charge is 0.200 e. The van der Waals surface area contributed by atoms with Crippen molar-refractivity contribution < 1.29 is 0 Å². The molecule has 5 nitrogen and oxygen atoms in total. The van der Waals surface area contributed by atoms with Crippen molar-refractivity contribution in [2.45, 2.75) is 0 Å². The maximum Gasteiger partial charge on any atom is 0.200 e. The van der Waals surface area contributed by atoms with Crippen LogP contribution in [-0.2, 0) is 7.05 Å². The normalized spacial score (nSPS) is 10.9. The standard InChI is InChI=1S/C12H11N5/c1-17-11-3-2-8(6-10(11)16-12(17)13)9-4-5-14-15-7-9/h2-7H,1H3,(H2,13,16). The largest absolute Gasteiger partial charge is 0.369 e. The molecule has 0 fully saturated rings. The van der Waals surface area contributed by atoms with Crippen LogP contribution in [0.3, 0.4) is 0 Å². The highest BCUT2D eigenvalue weighted by Crippen LogP contribution is 2.24. The van der Waals surface area contributed by atoms with Crippen LogP contribution in [0.1, 0.15) is 0 Å². The first-order valence-corrected chi connectivity index (χ1v) is 5.25. The Bertz CT molecular complexity index is 672. The number of benzene rings is 1. The van der Waals surface area contributed by atoms with E-state index in [4.69, 9.17) is 5.73 Å². The van der Waals surface area contributed by atoms with E-state index < -0.39 is 0 Å². The zero-order valence-electron chi connectivity index (χ0n) is 9.33. The van der Waals surface area contributed by atoms with E-state index in [9.17, 15) is 0 Å². The lowest BCUT2D eigenvalue weighted by Crippen LogP contribution is -1.95. The van der Waals surface area contributed by atoms with Crippen LogP contribution in [0.5, 0.6) is 0 Å². The number of hydrogen-bond acceptors (Lipinski definition) is 4. The van der Waals surface area contributed by atoms with E-state index in [1.165, 1.54) is 0 Å². The van der Waals surface area contributed by atoms with Gasteiger partial charge in [-0.1, -0.05) is 6.07 Å². The molecule has 3 aromatic rings. The summed E-state index contributed by atoms with van der Waals surface area (Å²) in [6.07, 6.45) is 3.40. The maximum atomic E-state index is 5.77. The third-order valence-electron chi connectivity index (χ3n) is 2.83. The topological polar surface area (TPSA) is 69.6 Å². The highest BCUT2D eigenvalue weighted by molar-refractivity contribution is 5.83. The predicted molar refractivity (Wildman–Crippen MR) is 66.2 cm³/mol. The highest BCUT2D eigenvalue weighted by Gasteiger charge is 2.06. The summed E-state index contributed by atoms with van der Waals surface area (Å²) in [5.41, 5.74) is 9.76. The lowest BCUT2D eigenvalue weighted by molar-refractivity contribution is 0.965. The fraction of sp³-hybridized carbons (Fsp3) is 0.0833. The minimum atomic E-state index is 0.519. The van der Waals surface area contributed by atoms with Crippen molar-refractivity contribution in [3.63, 3.8) is 0 Å². The second kappa shape index (κ2) is 3.55. The first-order chi connectivity index (χ1) is 8.25. The molecule has 0 aliphatic carbocycles. The van der Waals surface area contributed by atoms with E-state index in [-0.39, 0.29) is 0 Å². The number of hydrogen-bond donors (Lipinski definition) is 1. The number of nitrogen functional groups attached to an aromatic ring is 1. The summed E-state index contributed by atoms with van der Waals surface area (Å²) in [5.74, 6) is 0.519. The molecule has 0 saturated heterocycles. The molecule has 2 aromatic heterocycles. The fourth-order valence-corrected chi connectivity index (χ4v) is 1.86. The minimum absolute atomic E-state index is 0.519. The van der Waals surface area contributed by atoms with Crippen molar-refractivity contribution in [1.82, 2.24) is 19.7 Å². The number of nitrogens with zero attached hydrogens (tertiary/aromatic N) is 4. The molecule has 84 valence electrons. The van der Waals surface area contributed by atoms with E-state index in [2.05, 4.69) is 15.2 Å². The van der Waals surface area contributed by atoms with Gasteiger partial charge in [0.05, 0.1) is 23.4 Å². The Labute approximate surface area is 97.9 Å². The van der Waals surface area contributed by atoms with Crippen LogP contribution < -0.4 is 5.73 Å². The van der Waals surface area contributed by atoms with Crippen LogP contribution in [-0.4, -0.2) is 19.7 Å². The summed E-state index contributed by atoms with van der Waals surface area (Å²) in [7, 11) is 1.90. The van der Waals surface area contributed by atoms with E-state index in [1.807, 2.05) is 35.9 Å². The van der Waals surface area contributed by atoms with Gasteiger partial charge in [0.2, 0.25) is 5.95 Å². The predicted octanol–water partition coefficient (Wildman–Crippen LogP) is 1.61. The maximum absolute atomic E-state index is 5.77. The molecule has 0 unspecified atom stereocenters. The molecular weight excluding hydrogens is 214 g/mol. The summed E-state index contributed by atoms with van der Waals surface area (Å²) in [5, 5.41) is 7.63. The summed E-state index contributed by atoms with van der Waals surface area (Å²) < 4.78 is 1.86. The molecule has 0 aliphatic rings. The quantitative estimate of drug-likeness (QED) is 0.683. The SMILES string of the molecule is Cn1c(N)nc2cc(-c3ccnnc3)ccc21. The molecule has 0 spiro atoms. The van der Waals surface area contributed by atoms with E-state index in [0.717, 1.165) is 22.2 Å². The lowest BCUT2D eigenvalue weighted by atomic mass is 10.1. The summed E-state index contributed by atoms with van der Waals surface area (Å²) >= 11 is 0. The van der Waals surface area contributed by atoms with Gasteiger partial charge in [0.25, 0.3) is 0 Å². The minimum Gasteiger partial charge on any atom is -0.369 e. The molecule has 5 heteroatoms. The molecule has 1 aromatic carbocycles. The first-order valence-electron chi connectivity index (χ1n) is 5.25. The number of aromatic nitrogens is 4. The molecular formula is C12H11N5. The summed E-state index contributed by atoms with van der Waals surface area (Å²) in [6, 6.07) is 7.96. The molecule has 0 saturated carbocycles. The Balaban J connectivity index is 2.21. The number of anilines is 1. The number of rotatable bonds is 1. The highest BCUT2D eigenvalue weighted by atomic mass is 15.1. The Kier molecular flexibility index (Phi) is 2.04. The van der Waals surface area contributed by atoms with Gasteiger partial charge in [0.15, 0.2) is 0 Å². The van der Waals surface area contributed by atoms with Gasteiger partial charge in [-0.15, -0.1) is 0 Å². The Morgan fingerprint density at radius 3 is 2.76 bits per heavy atom. The lowest BCUT2D eigenvalue weighted by Gasteiger charge is -2.00. The molecule has 17 heavy (non-hydrogen) atoms. The molecule has 3 rings (SSSR count).